The number of hydrogen-bond acceptors (Lipinski definition) is 8. The lowest BCUT2D eigenvalue weighted by Gasteiger charge is -2.39. The predicted molar refractivity (Wildman–Crippen MR) is 162 cm³/mol. The molecular formula is C32H30F7N7O3. The fraction of sp³-hybridized carbons (Fsp3) is 0.375. The lowest BCUT2D eigenvalue weighted by atomic mass is 9.76. The molecule has 4 aromatic rings. The molecule has 2 aliphatic rings. The van der Waals surface area contributed by atoms with Crippen LogP contribution in [0.5, 0.6) is 5.88 Å². The minimum atomic E-state index is -5.03. The summed E-state index contributed by atoms with van der Waals surface area (Å²) in [7, 11) is 0. The average Bonchev–Trinajstić information content (AvgIpc) is 3.65. The summed E-state index contributed by atoms with van der Waals surface area (Å²) in [6.07, 6.45) is -9.48. The molecule has 2 fully saturated rings. The van der Waals surface area contributed by atoms with Crippen molar-refractivity contribution in [2.75, 3.05) is 30.3 Å². The quantitative estimate of drug-likeness (QED) is 0.197. The zero-order chi connectivity index (χ0) is 35.3. The molecule has 2 aromatic carbocycles. The molecule has 4 N–H and O–H groups in total. The van der Waals surface area contributed by atoms with Crippen LogP contribution >= 0.6 is 0 Å². The summed E-state index contributed by atoms with van der Waals surface area (Å²) in [6, 6.07) is 7.34. The molecule has 0 amide bonds. The fourth-order valence-corrected chi connectivity index (χ4v) is 6.38. The largest absolute Gasteiger partial charge is 0.480 e. The number of nitrogens with two attached hydrogens (primary N) is 1. The Bertz CT molecular complexity index is 1870. The van der Waals surface area contributed by atoms with E-state index in [9.17, 15) is 40.6 Å². The lowest BCUT2D eigenvalue weighted by molar-refractivity contribution is -0.198. The Kier molecular flexibility index (Phi) is 8.67. The van der Waals surface area contributed by atoms with Crippen LogP contribution in [0.25, 0.3) is 16.8 Å². The Labute approximate surface area is 274 Å². The highest BCUT2D eigenvalue weighted by Gasteiger charge is 2.46. The van der Waals surface area contributed by atoms with E-state index in [1.165, 1.54) is 24.4 Å². The summed E-state index contributed by atoms with van der Waals surface area (Å²) in [6.45, 7) is 3.01. The first kappa shape index (κ1) is 34.0. The van der Waals surface area contributed by atoms with E-state index in [2.05, 4.69) is 20.4 Å². The van der Waals surface area contributed by atoms with Crippen LogP contribution in [0, 0.1) is 18.2 Å². The van der Waals surface area contributed by atoms with Crippen LogP contribution in [0.3, 0.4) is 0 Å². The first-order chi connectivity index (χ1) is 23.0. The van der Waals surface area contributed by atoms with E-state index < -0.39 is 53.3 Å². The van der Waals surface area contributed by atoms with Gasteiger partial charge >= 0.3 is 18.3 Å². The number of carboxylic acid groups (broad SMARTS) is 1. The molecule has 2 aromatic heterocycles. The van der Waals surface area contributed by atoms with Crippen LogP contribution < -0.4 is 20.7 Å². The van der Waals surface area contributed by atoms with Crippen molar-refractivity contribution in [3.63, 3.8) is 0 Å². The third kappa shape index (κ3) is 7.25. The second-order valence-corrected chi connectivity index (χ2v) is 12.3. The van der Waals surface area contributed by atoms with Crippen LogP contribution in [0.1, 0.15) is 42.2 Å². The number of aryl methyl sites for hydroxylation is 1. The number of nitrogens with zero attached hydrogens (tertiary/aromatic N) is 5. The van der Waals surface area contributed by atoms with E-state index in [-0.39, 0.29) is 34.0 Å². The maximum Gasteiger partial charge on any atom is 0.429 e. The van der Waals surface area contributed by atoms with Crippen molar-refractivity contribution in [3.05, 3.63) is 77.4 Å². The second kappa shape index (κ2) is 12.5. The van der Waals surface area contributed by atoms with Gasteiger partial charge in [-0.05, 0) is 73.1 Å². The van der Waals surface area contributed by atoms with Crippen LogP contribution in [0.15, 0.2) is 54.7 Å². The highest BCUT2D eigenvalue weighted by Crippen LogP contribution is 2.43. The molecule has 6 rings (SSSR count). The van der Waals surface area contributed by atoms with Gasteiger partial charge in [-0.2, -0.15) is 41.4 Å². The number of carbonyl (C=O) groups is 1. The van der Waals surface area contributed by atoms with Gasteiger partial charge in [-0.3, -0.25) is 4.79 Å². The van der Waals surface area contributed by atoms with Crippen molar-refractivity contribution in [1.29, 1.82) is 0 Å². The third-order valence-corrected chi connectivity index (χ3v) is 8.89. The number of halogens is 7. The Morgan fingerprint density at radius 3 is 2.39 bits per heavy atom. The van der Waals surface area contributed by atoms with Crippen molar-refractivity contribution in [2.45, 2.75) is 50.7 Å². The number of aliphatic carboxylic acids is 1. The van der Waals surface area contributed by atoms with Gasteiger partial charge in [-0.25, -0.2) is 9.07 Å². The van der Waals surface area contributed by atoms with Gasteiger partial charge in [0, 0.05) is 37.5 Å². The summed E-state index contributed by atoms with van der Waals surface area (Å²) in [5.41, 5.74) is 4.02. The van der Waals surface area contributed by atoms with Crippen LogP contribution in [0.4, 0.5) is 42.5 Å². The number of anilines is 2. The van der Waals surface area contributed by atoms with E-state index in [1.54, 1.807) is 6.92 Å². The molecule has 260 valence electrons. The van der Waals surface area contributed by atoms with Crippen LogP contribution in [-0.2, 0) is 11.0 Å². The number of aromatic nitrogens is 4. The molecule has 0 bridgehead atoms. The Hall–Kier alpha value is -4.93. The highest BCUT2D eigenvalue weighted by atomic mass is 19.4. The zero-order valence-corrected chi connectivity index (χ0v) is 25.8. The molecule has 10 nitrogen and oxygen atoms in total. The Balaban J connectivity index is 1.33. The number of piperidine rings is 1. The van der Waals surface area contributed by atoms with Crippen molar-refractivity contribution in [1.82, 2.24) is 25.1 Å². The molecular weight excluding hydrogens is 663 g/mol. The number of ether oxygens (including phenoxy) is 1. The van der Waals surface area contributed by atoms with Gasteiger partial charge in [-0.15, -0.1) is 0 Å². The van der Waals surface area contributed by atoms with Gasteiger partial charge in [-0.1, -0.05) is 12.1 Å². The Morgan fingerprint density at radius 1 is 1.04 bits per heavy atom. The number of nitrogens with one attached hydrogen (secondary N) is 1. The van der Waals surface area contributed by atoms with Crippen molar-refractivity contribution in [3.8, 4) is 22.7 Å². The van der Waals surface area contributed by atoms with Crippen molar-refractivity contribution in [2.24, 2.45) is 5.41 Å². The third-order valence-electron chi connectivity index (χ3n) is 8.89. The first-order valence-electron chi connectivity index (χ1n) is 15.1. The summed E-state index contributed by atoms with van der Waals surface area (Å²) in [5.74, 6) is -2.69. The minimum absolute atomic E-state index is 0.00130. The topological polar surface area (TPSA) is 131 Å². The standard InChI is InChI=1S/C32H30F7N7O3/c1-17-4-7-46(44-17)24-12-18(19-10-20(31(34,35)36)13-21(33)11-19)2-3-22(24)27(32(37,38)39)49-26-14-25(42-29(40)43-26)45-8-5-30(6-9-45)15-23(28(47)48)41-16-30/h2-4,7,10-14,23,27,41H,5-6,8-9,15-16H2,1H3,(H,47,48)(H2,40,42,43)/t23-,27?/m0/s1. The van der Waals surface area contributed by atoms with Gasteiger partial charge in [0.05, 0.1) is 16.9 Å². The van der Waals surface area contributed by atoms with Crippen LogP contribution in [0.2, 0.25) is 0 Å². The SMILES string of the molecule is Cc1ccn(-c2cc(-c3cc(F)cc(C(F)(F)F)c3)ccc2C(Oc2cc(N3CCC4(CC3)CN[C@H](C(=O)O)C4)nc(N)n2)C(F)(F)F)n1. The average molecular weight is 694 g/mol. The molecule has 0 saturated carbocycles. The number of hydrogen-bond donors (Lipinski definition) is 3. The summed E-state index contributed by atoms with van der Waals surface area (Å²) < 4.78 is 106. The highest BCUT2D eigenvalue weighted by molar-refractivity contribution is 5.74. The van der Waals surface area contributed by atoms with Crippen molar-refractivity contribution >= 4 is 17.7 Å². The number of rotatable bonds is 7. The smallest absolute Gasteiger partial charge is 0.429 e. The Morgan fingerprint density at radius 2 is 1.78 bits per heavy atom. The molecule has 4 heterocycles. The normalized spacial score (nSPS) is 18.5. The lowest BCUT2D eigenvalue weighted by Crippen LogP contribution is -2.41. The zero-order valence-electron chi connectivity index (χ0n) is 25.8. The number of nitrogen functional groups attached to an aromatic ring is 1. The molecule has 1 unspecified atom stereocenters. The molecule has 2 saturated heterocycles. The first-order valence-corrected chi connectivity index (χ1v) is 15.1. The van der Waals surface area contributed by atoms with Gasteiger partial charge < -0.3 is 25.8 Å². The van der Waals surface area contributed by atoms with Crippen LogP contribution in [-0.4, -0.2) is 62.7 Å². The van der Waals surface area contributed by atoms with Crippen molar-refractivity contribution < 1.29 is 45.4 Å². The molecule has 1 spiro atoms. The summed E-state index contributed by atoms with van der Waals surface area (Å²) in [5, 5.41) is 16.6. The second-order valence-electron chi connectivity index (χ2n) is 12.3. The minimum Gasteiger partial charge on any atom is -0.480 e. The van der Waals surface area contributed by atoms with E-state index in [1.807, 2.05) is 4.90 Å². The molecule has 2 aliphatic heterocycles. The summed E-state index contributed by atoms with van der Waals surface area (Å²) in [4.78, 5) is 21.3. The van der Waals surface area contributed by atoms with E-state index in [4.69, 9.17) is 10.5 Å². The molecule has 2 atom stereocenters. The van der Waals surface area contributed by atoms with E-state index in [0.29, 0.717) is 56.7 Å². The number of alkyl halides is 6. The van der Waals surface area contributed by atoms with Gasteiger partial charge in [0.1, 0.15) is 17.7 Å². The summed E-state index contributed by atoms with van der Waals surface area (Å²) >= 11 is 0. The fourth-order valence-electron chi connectivity index (χ4n) is 6.38. The molecule has 0 radical (unpaired) electrons. The van der Waals surface area contributed by atoms with E-state index >= 15 is 0 Å². The van der Waals surface area contributed by atoms with Gasteiger partial charge in [0.25, 0.3) is 0 Å². The van der Waals surface area contributed by atoms with E-state index in [0.717, 1.165) is 22.9 Å². The van der Waals surface area contributed by atoms with Gasteiger partial charge in [0.15, 0.2) is 0 Å². The number of carboxylic acids is 1. The number of benzene rings is 2. The molecule has 49 heavy (non-hydrogen) atoms. The molecule has 17 heteroatoms. The maximum atomic E-state index is 14.8. The monoisotopic (exact) mass is 693 g/mol. The maximum absolute atomic E-state index is 14.8. The van der Waals surface area contributed by atoms with Gasteiger partial charge in [0.2, 0.25) is 17.9 Å². The predicted octanol–water partition coefficient (Wildman–Crippen LogP) is 6.09. The molecule has 0 aliphatic carbocycles.